The maximum Gasteiger partial charge on any atom is 0.256 e. The van der Waals surface area contributed by atoms with E-state index in [1.807, 2.05) is 60.7 Å². The molecule has 0 aliphatic carbocycles. The van der Waals surface area contributed by atoms with Crippen molar-refractivity contribution in [2.24, 2.45) is 0 Å². The summed E-state index contributed by atoms with van der Waals surface area (Å²) < 4.78 is 11.1. The summed E-state index contributed by atoms with van der Waals surface area (Å²) in [6, 6.07) is 20.2. The van der Waals surface area contributed by atoms with E-state index in [9.17, 15) is 4.79 Å². The van der Waals surface area contributed by atoms with Crippen molar-refractivity contribution < 1.29 is 14.3 Å². The Hall–Kier alpha value is -4.19. The standard InChI is InChI=1S/C26H23N3O3/c1-17(31-2)23(19-12-9-15-27-16-19)29-26(30)22-20-13-7-8-14-21(20)28-24(25(22)32-3)18-10-5-4-6-11-18/h4-16,23H,1H2,2-3H3,(H,29,30). The molecule has 6 heteroatoms. The summed E-state index contributed by atoms with van der Waals surface area (Å²) in [6.07, 6.45) is 3.34. The number of hydrogen-bond donors (Lipinski definition) is 1. The zero-order chi connectivity index (χ0) is 22.5. The number of carbonyl (C=O) groups is 1. The lowest BCUT2D eigenvalue weighted by atomic mass is 10.0. The Balaban J connectivity index is 1.87. The molecular weight excluding hydrogens is 402 g/mol. The highest BCUT2D eigenvalue weighted by molar-refractivity contribution is 6.10. The summed E-state index contributed by atoms with van der Waals surface area (Å²) in [5.41, 5.74) is 3.30. The number of nitrogens with zero attached hydrogens (tertiary/aromatic N) is 2. The van der Waals surface area contributed by atoms with Crippen molar-refractivity contribution in [1.82, 2.24) is 15.3 Å². The number of pyridine rings is 2. The van der Waals surface area contributed by atoms with Gasteiger partial charge in [-0.1, -0.05) is 61.2 Å². The number of fused-ring (bicyclic) bond motifs is 1. The topological polar surface area (TPSA) is 73.3 Å². The summed E-state index contributed by atoms with van der Waals surface area (Å²) in [4.78, 5) is 22.6. The SMILES string of the molecule is C=C(OC)C(NC(=O)c1c(OC)c(-c2ccccc2)nc2ccccc12)c1cccnc1. The monoisotopic (exact) mass is 425 g/mol. The number of rotatable bonds is 7. The van der Waals surface area contributed by atoms with E-state index in [1.54, 1.807) is 25.6 Å². The highest BCUT2D eigenvalue weighted by Crippen LogP contribution is 2.36. The fourth-order valence-corrected chi connectivity index (χ4v) is 3.63. The van der Waals surface area contributed by atoms with E-state index in [2.05, 4.69) is 16.9 Å². The van der Waals surface area contributed by atoms with E-state index in [1.165, 1.54) is 7.11 Å². The molecule has 6 nitrogen and oxygen atoms in total. The summed E-state index contributed by atoms with van der Waals surface area (Å²) in [7, 11) is 3.06. The number of benzene rings is 2. The third-order valence-electron chi connectivity index (χ3n) is 5.20. The van der Waals surface area contributed by atoms with Gasteiger partial charge in [0.2, 0.25) is 0 Å². The van der Waals surface area contributed by atoms with Crippen LogP contribution >= 0.6 is 0 Å². The summed E-state index contributed by atoms with van der Waals surface area (Å²) in [5.74, 6) is 0.469. The second-order valence-electron chi connectivity index (χ2n) is 7.12. The number of nitrogens with one attached hydrogen (secondary N) is 1. The van der Waals surface area contributed by atoms with Crippen molar-refractivity contribution in [1.29, 1.82) is 0 Å². The van der Waals surface area contributed by atoms with Gasteiger partial charge in [0.05, 0.1) is 25.3 Å². The van der Waals surface area contributed by atoms with Crippen molar-refractivity contribution in [3.63, 3.8) is 0 Å². The minimum Gasteiger partial charge on any atom is -0.499 e. The number of para-hydroxylation sites is 1. The minimum atomic E-state index is -0.585. The molecule has 0 aliphatic rings. The van der Waals surface area contributed by atoms with Gasteiger partial charge in [-0.2, -0.15) is 0 Å². The molecule has 0 saturated carbocycles. The lowest BCUT2D eigenvalue weighted by Gasteiger charge is -2.22. The zero-order valence-electron chi connectivity index (χ0n) is 17.9. The largest absolute Gasteiger partial charge is 0.499 e. The second-order valence-corrected chi connectivity index (χ2v) is 7.12. The van der Waals surface area contributed by atoms with E-state index in [-0.39, 0.29) is 5.91 Å². The molecule has 1 N–H and O–H groups in total. The Morgan fingerprint density at radius 2 is 1.75 bits per heavy atom. The third kappa shape index (κ3) is 4.03. The van der Waals surface area contributed by atoms with Crippen LogP contribution in [-0.2, 0) is 4.74 Å². The molecule has 1 unspecified atom stereocenters. The minimum absolute atomic E-state index is 0.329. The van der Waals surface area contributed by atoms with Gasteiger partial charge in [0.1, 0.15) is 17.5 Å². The van der Waals surface area contributed by atoms with E-state index in [4.69, 9.17) is 14.5 Å². The van der Waals surface area contributed by atoms with Crippen LogP contribution in [0, 0.1) is 0 Å². The first-order valence-electron chi connectivity index (χ1n) is 10.1. The van der Waals surface area contributed by atoms with Crippen LogP contribution in [0.2, 0.25) is 0 Å². The fraction of sp³-hybridized carbons (Fsp3) is 0.115. The number of amides is 1. The normalized spacial score (nSPS) is 11.6. The summed E-state index contributed by atoms with van der Waals surface area (Å²) in [6.45, 7) is 3.96. The van der Waals surface area contributed by atoms with E-state index in [0.29, 0.717) is 33.7 Å². The Morgan fingerprint density at radius 3 is 2.44 bits per heavy atom. The van der Waals surface area contributed by atoms with Crippen molar-refractivity contribution in [3.8, 4) is 17.0 Å². The van der Waals surface area contributed by atoms with E-state index >= 15 is 0 Å². The quantitative estimate of drug-likeness (QED) is 0.425. The van der Waals surface area contributed by atoms with Crippen LogP contribution in [-0.4, -0.2) is 30.1 Å². The summed E-state index contributed by atoms with van der Waals surface area (Å²) >= 11 is 0. The van der Waals surface area contributed by atoms with Crippen molar-refractivity contribution in [3.05, 3.63) is 103 Å². The molecule has 1 amide bonds. The molecule has 1 atom stereocenters. The Bertz CT molecular complexity index is 1260. The first-order chi connectivity index (χ1) is 15.6. The molecule has 2 aromatic heterocycles. The first-order valence-corrected chi connectivity index (χ1v) is 10.1. The average molecular weight is 425 g/mol. The molecule has 4 rings (SSSR count). The van der Waals surface area contributed by atoms with Crippen LogP contribution in [0.25, 0.3) is 22.2 Å². The maximum atomic E-state index is 13.7. The van der Waals surface area contributed by atoms with Crippen LogP contribution in [0.15, 0.2) is 91.5 Å². The average Bonchev–Trinajstić information content (AvgIpc) is 2.86. The predicted octanol–water partition coefficient (Wildman–Crippen LogP) is 4.94. The highest BCUT2D eigenvalue weighted by Gasteiger charge is 2.26. The summed E-state index contributed by atoms with van der Waals surface area (Å²) in [5, 5.41) is 3.72. The molecule has 4 aromatic rings. The van der Waals surface area contributed by atoms with Gasteiger partial charge in [-0.3, -0.25) is 9.78 Å². The lowest BCUT2D eigenvalue weighted by molar-refractivity contribution is 0.0927. The van der Waals surface area contributed by atoms with Crippen molar-refractivity contribution >= 4 is 16.8 Å². The van der Waals surface area contributed by atoms with Gasteiger partial charge < -0.3 is 14.8 Å². The van der Waals surface area contributed by atoms with Crippen LogP contribution in [0.5, 0.6) is 5.75 Å². The number of aromatic nitrogens is 2. The van der Waals surface area contributed by atoms with Gasteiger partial charge in [0, 0.05) is 28.9 Å². The van der Waals surface area contributed by atoms with Gasteiger partial charge in [-0.15, -0.1) is 0 Å². The molecular formula is C26H23N3O3. The lowest BCUT2D eigenvalue weighted by Crippen LogP contribution is -2.31. The molecule has 0 radical (unpaired) electrons. The molecule has 2 heterocycles. The number of ether oxygens (including phenoxy) is 2. The Morgan fingerprint density at radius 1 is 1.00 bits per heavy atom. The molecule has 0 aliphatic heterocycles. The maximum absolute atomic E-state index is 13.7. The molecule has 160 valence electrons. The van der Waals surface area contributed by atoms with Crippen LogP contribution in [0.3, 0.4) is 0 Å². The predicted molar refractivity (Wildman–Crippen MR) is 124 cm³/mol. The molecule has 0 fully saturated rings. The van der Waals surface area contributed by atoms with Gasteiger partial charge in [0.25, 0.3) is 5.91 Å². The van der Waals surface area contributed by atoms with Crippen molar-refractivity contribution in [2.45, 2.75) is 6.04 Å². The first kappa shape index (κ1) is 21.1. The Labute approximate surface area is 186 Å². The van der Waals surface area contributed by atoms with Gasteiger partial charge in [-0.05, 0) is 12.1 Å². The van der Waals surface area contributed by atoms with E-state index < -0.39 is 6.04 Å². The molecule has 0 saturated heterocycles. The molecule has 2 aromatic carbocycles. The van der Waals surface area contributed by atoms with Gasteiger partial charge in [0.15, 0.2) is 5.75 Å². The molecule has 32 heavy (non-hydrogen) atoms. The van der Waals surface area contributed by atoms with E-state index in [0.717, 1.165) is 11.1 Å². The van der Waals surface area contributed by atoms with Gasteiger partial charge >= 0.3 is 0 Å². The Kier molecular flexibility index (Phi) is 6.12. The number of methoxy groups -OCH3 is 2. The molecule has 0 bridgehead atoms. The fourth-order valence-electron chi connectivity index (χ4n) is 3.63. The smallest absolute Gasteiger partial charge is 0.256 e. The zero-order valence-corrected chi connectivity index (χ0v) is 17.9. The van der Waals surface area contributed by atoms with Crippen molar-refractivity contribution in [2.75, 3.05) is 14.2 Å². The van der Waals surface area contributed by atoms with Crippen LogP contribution < -0.4 is 10.1 Å². The van der Waals surface area contributed by atoms with Crippen LogP contribution in [0.4, 0.5) is 0 Å². The van der Waals surface area contributed by atoms with Gasteiger partial charge in [-0.25, -0.2) is 4.98 Å². The highest BCUT2D eigenvalue weighted by atomic mass is 16.5. The van der Waals surface area contributed by atoms with Crippen LogP contribution in [0.1, 0.15) is 22.0 Å². The third-order valence-corrected chi connectivity index (χ3v) is 5.20. The molecule has 0 spiro atoms. The number of carbonyl (C=O) groups excluding carboxylic acids is 1. The number of hydrogen-bond acceptors (Lipinski definition) is 5. The second kappa shape index (κ2) is 9.31.